The molecule has 110 valence electrons. The van der Waals surface area contributed by atoms with E-state index in [-0.39, 0.29) is 12.3 Å². The number of rotatable bonds is 5. The first-order valence-corrected chi connectivity index (χ1v) is 8.21. The van der Waals surface area contributed by atoms with Crippen molar-refractivity contribution in [2.45, 2.75) is 11.9 Å². The number of hydrogen-bond donors (Lipinski definition) is 0. The molecule has 0 aliphatic carbocycles. The van der Waals surface area contributed by atoms with E-state index < -0.39 is 4.92 Å². The van der Waals surface area contributed by atoms with Crippen LogP contribution in [0.25, 0.3) is 0 Å². The average molecular weight is 435 g/mol. The van der Waals surface area contributed by atoms with Crippen LogP contribution in [0.2, 0.25) is 5.02 Å². The van der Waals surface area contributed by atoms with Crippen LogP contribution in [0.3, 0.4) is 0 Å². The maximum atomic E-state index is 11.0. The maximum absolute atomic E-state index is 11.0. The Morgan fingerprint density at radius 1 is 1.29 bits per heavy atom. The molecule has 0 bridgehead atoms. The molecule has 2 aromatic rings. The molecule has 7 heteroatoms. The average Bonchev–Trinajstić information content (AvgIpc) is 2.46. The number of ether oxygens (including phenoxy) is 1. The topological polar surface area (TPSA) is 52.4 Å². The van der Waals surface area contributed by atoms with Crippen molar-refractivity contribution in [3.8, 4) is 5.75 Å². The largest absolute Gasteiger partial charge is 0.487 e. The minimum absolute atomic E-state index is 0.0300. The standard InChI is InChI=1S/C14H10Br2ClNO3/c15-7-9-4-5-14(11(16)6-9)21-8-10-12(17)2-1-3-13(10)18(19)20/h1-6H,7-8H2. The fourth-order valence-corrected chi connectivity index (χ4v) is 2.87. The fourth-order valence-electron chi connectivity index (χ4n) is 1.76. The van der Waals surface area contributed by atoms with Gasteiger partial charge < -0.3 is 4.74 Å². The van der Waals surface area contributed by atoms with Crippen LogP contribution in [0, 0.1) is 10.1 Å². The summed E-state index contributed by atoms with van der Waals surface area (Å²) in [7, 11) is 0. The van der Waals surface area contributed by atoms with Gasteiger partial charge in [-0.3, -0.25) is 10.1 Å². The number of benzene rings is 2. The highest BCUT2D eigenvalue weighted by molar-refractivity contribution is 9.10. The monoisotopic (exact) mass is 433 g/mol. The van der Waals surface area contributed by atoms with E-state index in [0.29, 0.717) is 16.3 Å². The zero-order valence-corrected chi connectivity index (χ0v) is 14.6. The Kier molecular flexibility index (Phi) is 5.61. The molecule has 0 aromatic heterocycles. The molecule has 0 heterocycles. The van der Waals surface area contributed by atoms with Gasteiger partial charge >= 0.3 is 0 Å². The van der Waals surface area contributed by atoms with Crippen molar-refractivity contribution in [1.82, 2.24) is 0 Å². The quantitative estimate of drug-likeness (QED) is 0.355. The summed E-state index contributed by atoms with van der Waals surface area (Å²) < 4.78 is 6.43. The Hall–Kier alpha value is -1.11. The Bertz CT molecular complexity index is 679. The van der Waals surface area contributed by atoms with Gasteiger partial charge in [0.15, 0.2) is 0 Å². The predicted molar refractivity (Wildman–Crippen MR) is 89.2 cm³/mol. The summed E-state index contributed by atoms with van der Waals surface area (Å²) in [4.78, 5) is 10.5. The van der Waals surface area contributed by atoms with Gasteiger partial charge in [-0.05, 0) is 39.7 Å². The molecule has 0 N–H and O–H groups in total. The second-order valence-electron chi connectivity index (χ2n) is 4.18. The van der Waals surface area contributed by atoms with Gasteiger partial charge in [-0.15, -0.1) is 0 Å². The van der Waals surface area contributed by atoms with E-state index in [4.69, 9.17) is 16.3 Å². The van der Waals surface area contributed by atoms with Gasteiger partial charge in [0, 0.05) is 11.4 Å². The van der Waals surface area contributed by atoms with Crippen LogP contribution in [-0.4, -0.2) is 4.92 Å². The Labute approximate surface area is 143 Å². The molecule has 4 nitrogen and oxygen atoms in total. The van der Waals surface area contributed by atoms with E-state index in [2.05, 4.69) is 31.9 Å². The van der Waals surface area contributed by atoms with E-state index in [9.17, 15) is 10.1 Å². The third-order valence-corrected chi connectivity index (χ3v) is 4.43. The van der Waals surface area contributed by atoms with Gasteiger partial charge in [-0.2, -0.15) is 0 Å². The summed E-state index contributed by atoms with van der Waals surface area (Å²) in [6.07, 6.45) is 0. The van der Waals surface area contributed by atoms with Crippen molar-refractivity contribution in [1.29, 1.82) is 0 Å². The second kappa shape index (κ2) is 7.24. The van der Waals surface area contributed by atoms with Crippen LogP contribution in [0.1, 0.15) is 11.1 Å². The lowest BCUT2D eigenvalue weighted by molar-refractivity contribution is -0.385. The number of nitrogens with zero attached hydrogens (tertiary/aromatic N) is 1. The molecular weight excluding hydrogens is 425 g/mol. The summed E-state index contributed by atoms with van der Waals surface area (Å²) in [6, 6.07) is 10.2. The highest BCUT2D eigenvalue weighted by atomic mass is 79.9. The normalized spacial score (nSPS) is 10.4. The first kappa shape index (κ1) is 16.3. The van der Waals surface area contributed by atoms with Crippen LogP contribution >= 0.6 is 43.5 Å². The molecule has 0 aliphatic heterocycles. The van der Waals surface area contributed by atoms with Crippen molar-refractivity contribution in [2.75, 3.05) is 0 Å². The molecule has 0 saturated carbocycles. The summed E-state index contributed by atoms with van der Waals surface area (Å²) in [5, 5.41) is 12.1. The molecule has 0 atom stereocenters. The van der Waals surface area contributed by atoms with Crippen LogP contribution < -0.4 is 4.74 Å². The zero-order valence-electron chi connectivity index (χ0n) is 10.7. The minimum Gasteiger partial charge on any atom is -0.487 e. The van der Waals surface area contributed by atoms with E-state index in [1.165, 1.54) is 6.07 Å². The summed E-state index contributed by atoms with van der Waals surface area (Å²) in [5.41, 5.74) is 1.41. The van der Waals surface area contributed by atoms with Gasteiger partial charge in [0.2, 0.25) is 0 Å². The van der Waals surface area contributed by atoms with E-state index in [1.807, 2.05) is 18.2 Å². The minimum atomic E-state index is -0.465. The Balaban J connectivity index is 2.22. The summed E-state index contributed by atoms with van der Waals surface area (Å²) >= 11 is 12.8. The molecule has 2 aromatic carbocycles. The fraction of sp³-hybridized carbons (Fsp3) is 0.143. The van der Waals surface area contributed by atoms with Gasteiger partial charge in [-0.25, -0.2) is 0 Å². The van der Waals surface area contributed by atoms with E-state index in [1.54, 1.807) is 12.1 Å². The molecule has 0 amide bonds. The van der Waals surface area contributed by atoms with Crippen molar-refractivity contribution in [3.63, 3.8) is 0 Å². The molecule has 0 aliphatic rings. The molecular formula is C14H10Br2ClNO3. The number of hydrogen-bond acceptors (Lipinski definition) is 3. The molecule has 0 unspecified atom stereocenters. The molecule has 2 rings (SSSR count). The first-order chi connectivity index (χ1) is 10.0. The lowest BCUT2D eigenvalue weighted by Gasteiger charge is -2.10. The number of nitro groups is 1. The SMILES string of the molecule is O=[N+]([O-])c1cccc(Cl)c1COc1ccc(CBr)cc1Br. The number of nitro benzene ring substituents is 1. The predicted octanol–water partition coefficient (Wildman–Crippen LogP) is 5.48. The maximum Gasteiger partial charge on any atom is 0.277 e. The van der Waals surface area contributed by atoms with Crippen LogP contribution in [0.5, 0.6) is 5.75 Å². The Morgan fingerprint density at radius 2 is 2.05 bits per heavy atom. The Morgan fingerprint density at radius 3 is 2.67 bits per heavy atom. The van der Waals surface area contributed by atoms with Crippen LogP contribution in [-0.2, 0) is 11.9 Å². The van der Waals surface area contributed by atoms with Gasteiger partial charge in [0.05, 0.1) is 20.0 Å². The molecule has 0 fully saturated rings. The smallest absolute Gasteiger partial charge is 0.277 e. The highest BCUT2D eigenvalue weighted by Crippen LogP contribution is 2.31. The van der Waals surface area contributed by atoms with E-state index in [0.717, 1.165) is 15.4 Å². The van der Waals surface area contributed by atoms with Crippen molar-refractivity contribution < 1.29 is 9.66 Å². The zero-order chi connectivity index (χ0) is 15.4. The van der Waals surface area contributed by atoms with Crippen LogP contribution in [0.4, 0.5) is 5.69 Å². The summed E-state index contributed by atoms with van der Waals surface area (Å²) in [6.45, 7) is 0.0300. The number of halogens is 3. The van der Waals surface area contributed by atoms with Crippen molar-refractivity contribution >= 4 is 49.1 Å². The van der Waals surface area contributed by atoms with Crippen molar-refractivity contribution in [2.24, 2.45) is 0 Å². The summed E-state index contributed by atoms with van der Waals surface area (Å²) in [5.74, 6) is 0.605. The third kappa shape index (κ3) is 3.96. The van der Waals surface area contributed by atoms with Crippen LogP contribution in [0.15, 0.2) is 40.9 Å². The molecule has 0 saturated heterocycles. The number of alkyl halides is 1. The molecule has 21 heavy (non-hydrogen) atoms. The molecule has 0 spiro atoms. The lowest BCUT2D eigenvalue weighted by Crippen LogP contribution is -2.02. The van der Waals surface area contributed by atoms with Gasteiger partial charge in [0.1, 0.15) is 12.4 Å². The highest BCUT2D eigenvalue weighted by Gasteiger charge is 2.17. The second-order valence-corrected chi connectivity index (χ2v) is 6.00. The van der Waals surface area contributed by atoms with Gasteiger partial charge in [0.25, 0.3) is 5.69 Å². The van der Waals surface area contributed by atoms with Crippen molar-refractivity contribution in [3.05, 3.63) is 67.1 Å². The third-order valence-electron chi connectivity index (χ3n) is 2.81. The lowest BCUT2D eigenvalue weighted by atomic mass is 10.2. The first-order valence-electron chi connectivity index (χ1n) is 5.92. The van der Waals surface area contributed by atoms with E-state index >= 15 is 0 Å². The molecule has 0 radical (unpaired) electrons. The van der Waals surface area contributed by atoms with Gasteiger partial charge in [-0.1, -0.05) is 39.7 Å².